The van der Waals surface area contributed by atoms with Crippen LogP contribution in [0.2, 0.25) is 0 Å². The monoisotopic (exact) mass is 273 g/mol. The third-order valence-electron chi connectivity index (χ3n) is 3.39. The zero-order chi connectivity index (χ0) is 14.0. The number of hydrogen-bond donors (Lipinski definition) is 1. The molecule has 1 aromatic heterocycles. The summed E-state index contributed by atoms with van der Waals surface area (Å²) in [6.07, 6.45) is 0. The Kier molecular flexibility index (Phi) is 4.05. The molecule has 0 aliphatic heterocycles. The third-order valence-corrected chi connectivity index (χ3v) is 4.54. The normalized spacial score (nSPS) is 12.2. The van der Waals surface area contributed by atoms with E-state index in [9.17, 15) is 4.79 Å². The fourth-order valence-corrected chi connectivity index (χ4v) is 3.04. The number of rotatable bonds is 3. The Hall–Kier alpha value is -1.61. The molecule has 19 heavy (non-hydrogen) atoms. The number of aryl methyl sites for hydroxylation is 3. The molecule has 0 fully saturated rings. The quantitative estimate of drug-likeness (QED) is 0.893. The molecule has 2 aromatic rings. The van der Waals surface area contributed by atoms with E-state index in [1.807, 2.05) is 39.0 Å². The van der Waals surface area contributed by atoms with Gasteiger partial charge in [0.15, 0.2) is 0 Å². The Morgan fingerprint density at radius 3 is 2.42 bits per heavy atom. The summed E-state index contributed by atoms with van der Waals surface area (Å²) in [4.78, 5) is 14.2. The van der Waals surface area contributed by atoms with E-state index in [4.69, 9.17) is 0 Å². The molecule has 1 atom stereocenters. The van der Waals surface area contributed by atoms with E-state index in [1.54, 1.807) is 11.3 Å². The zero-order valence-electron chi connectivity index (χ0n) is 11.8. The molecule has 0 saturated heterocycles. The first kappa shape index (κ1) is 13.8. The van der Waals surface area contributed by atoms with Crippen LogP contribution in [0.3, 0.4) is 0 Å². The van der Waals surface area contributed by atoms with Crippen LogP contribution in [0.4, 0.5) is 0 Å². The fourth-order valence-electron chi connectivity index (χ4n) is 2.10. The molecule has 2 nitrogen and oxygen atoms in total. The van der Waals surface area contributed by atoms with Crippen LogP contribution in [0.15, 0.2) is 30.3 Å². The number of benzene rings is 1. The Labute approximate surface area is 118 Å². The van der Waals surface area contributed by atoms with Crippen molar-refractivity contribution >= 4 is 17.2 Å². The van der Waals surface area contributed by atoms with Gasteiger partial charge in [-0.1, -0.05) is 24.3 Å². The summed E-state index contributed by atoms with van der Waals surface area (Å²) in [5.74, 6) is 0.0111. The van der Waals surface area contributed by atoms with Crippen molar-refractivity contribution in [1.82, 2.24) is 5.32 Å². The first-order chi connectivity index (χ1) is 8.99. The van der Waals surface area contributed by atoms with Gasteiger partial charge in [-0.05, 0) is 50.5 Å². The number of thiophene rings is 1. The van der Waals surface area contributed by atoms with Gasteiger partial charge in [-0.25, -0.2) is 0 Å². The van der Waals surface area contributed by atoms with Gasteiger partial charge in [0.05, 0.1) is 10.9 Å². The van der Waals surface area contributed by atoms with E-state index in [-0.39, 0.29) is 11.9 Å². The van der Waals surface area contributed by atoms with Gasteiger partial charge in [-0.15, -0.1) is 11.3 Å². The summed E-state index contributed by atoms with van der Waals surface area (Å²) in [5, 5.41) is 3.07. The first-order valence-corrected chi connectivity index (χ1v) is 7.24. The van der Waals surface area contributed by atoms with Crippen LogP contribution in [0.1, 0.15) is 44.2 Å². The van der Waals surface area contributed by atoms with Crippen LogP contribution in [0.5, 0.6) is 0 Å². The molecule has 1 unspecified atom stereocenters. The first-order valence-electron chi connectivity index (χ1n) is 6.42. The third kappa shape index (κ3) is 3.04. The molecule has 100 valence electrons. The maximum absolute atomic E-state index is 12.2. The van der Waals surface area contributed by atoms with Crippen LogP contribution in [-0.4, -0.2) is 5.91 Å². The van der Waals surface area contributed by atoms with Crippen molar-refractivity contribution in [3.63, 3.8) is 0 Å². The second-order valence-electron chi connectivity index (χ2n) is 4.90. The summed E-state index contributed by atoms with van der Waals surface area (Å²) in [6, 6.07) is 10.1. The van der Waals surface area contributed by atoms with Crippen LogP contribution in [-0.2, 0) is 0 Å². The van der Waals surface area contributed by atoms with Gasteiger partial charge in [-0.2, -0.15) is 0 Å². The molecule has 0 spiro atoms. The van der Waals surface area contributed by atoms with E-state index in [1.165, 1.54) is 21.6 Å². The minimum absolute atomic E-state index is 0.0111. The van der Waals surface area contributed by atoms with Crippen LogP contribution in [0.25, 0.3) is 0 Å². The van der Waals surface area contributed by atoms with Gasteiger partial charge in [0, 0.05) is 4.88 Å². The predicted octanol–water partition coefficient (Wildman–Crippen LogP) is 4.16. The Balaban J connectivity index is 2.13. The zero-order valence-corrected chi connectivity index (χ0v) is 12.6. The molecule has 0 aliphatic carbocycles. The Morgan fingerprint density at radius 1 is 1.16 bits per heavy atom. The molecular formula is C16H19NOS. The standard InChI is InChI=1S/C16H19NOS/c1-10-7-5-6-8-14(10)12(3)17-16(18)15-9-11(2)13(4)19-15/h5-9,12H,1-4H3,(H,17,18). The molecule has 1 heterocycles. The molecular weight excluding hydrogens is 254 g/mol. The maximum atomic E-state index is 12.2. The molecule has 1 aromatic carbocycles. The number of carbonyl (C=O) groups is 1. The lowest BCUT2D eigenvalue weighted by atomic mass is 10.0. The minimum atomic E-state index is 0.0111. The van der Waals surface area contributed by atoms with Gasteiger partial charge in [0.25, 0.3) is 5.91 Å². The highest BCUT2D eigenvalue weighted by atomic mass is 32.1. The molecule has 0 saturated carbocycles. The van der Waals surface area contributed by atoms with E-state index < -0.39 is 0 Å². The van der Waals surface area contributed by atoms with Gasteiger partial charge < -0.3 is 5.32 Å². The van der Waals surface area contributed by atoms with E-state index in [2.05, 4.69) is 24.4 Å². The Bertz CT molecular complexity index is 581. The average Bonchev–Trinajstić information content (AvgIpc) is 2.70. The van der Waals surface area contributed by atoms with Gasteiger partial charge >= 0.3 is 0 Å². The molecule has 1 N–H and O–H groups in total. The fraction of sp³-hybridized carbons (Fsp3) is 0.312. The highest BCUT2D eigenvalue weighted by Crippen LogP contribution is 2.22. The van der Waals surface area contributed by atoms with Crippen LogP contribution < -0.4 is 5.32 Å². The molecule has 1 amide bonds. The van der Waals surface area contributed by atoms with Gasteiger partial charge in [0.1, 0.15) is 0 Å². The summed E-state index contributed by atoms with van der Waals surface area (Å²) < 4.78 is 0. The van der Waals surface area contributed by atoms with Crippen molar-refractivity contribution < 1.29 is 4.79 Å². The van der Waals surface area contributed by atoms with Crippen LogP contribution in [0, 0.1) is 20.8 Å². The van der Waals surface area contributed by atoms with Crippen molar-refractivity contribution in [1.29, 1.82) is 0 Å². The van der Waals surface area contributed by atoms with E-state index in [0.717, 1.165) is 4.88 Å². The molecule has 2 rings (SSSR count). The van der Waals surface area contributed by atoms with Gasteiger partial charge in [-0.3, -0.25) is 4.79 Å². The number of amides is 1. The highest BCUT2D eigenvalue weighted by Gasteiger charge is 2.15. The summed E-state index contributed by atoms with van der Waals surface area (Å²) in [5.41, 5.74) is 3.55. The lowest BCUT2D eigenvalue weighted by Gasteiger charge is -2.15. The van der Waals surface area contributed by atoms with Gasteiger partial charge in [0.2, 0.25) is 0 Å². The van der Waals surface area contributed by atoms with Crippen molar-refractivity contribution in [2.75, 3.05) is 0 Å². The highest BCUT2D eigenvalue weighted by molar-refractivity contribution is 7.14. The topological polar surface area (TPSA) is 29.1 Å². The second-order valence-corrected chi connectivity index (χ2v) is 6.16. The lowest BCUT2D eigenvalue weighted by molar-refractivity contribution is 0.0944. The summed E-state index contributed by atoms with van der Waals surface area (Å²) in [7, 11) is 0. The summed E-state index contributed by atoms with van der Waals surface area (Å²) in [6.45, 7) is 8.17. The lowest BCUT2D eigenvalue weighted by Crippen LogP contribution is -2.26. The molecule has 0 bridgehead atoms. The smallest absolute Gasteiger partial charge is 0.261 e. The van der Waals surface area contributed by atoms with Crippen LogP contribution >= 0.6 is 11.3 Å². The maximum Gasteiger partial charge on any atom is 0.261 e. The number of carbonyl (C=O) groups excluding carboxylic acids is 1. The van der Waals surface area contributed by atoms with Crippen molar-refractivity contribution in [3.05, 3.63) is 56.8 Å². The van der Waals surface area contributed by atoms with Crippen molar-refractivity contribution in [3.8, 4) is 0 Å². The summed E-state index contributed by atoms with van der Waals surface area (Å²) >= 11 is 1.55. The van der Waals surface area contributed by atoms with Crippen molar-refractivity contribution in [2.45, 2.75) is 33.7 Å². The largest absolute Gasteiger partial charge is 0.345 e. The molecule has 0 aliphatic rings. The average molecular weight is 273 g/mol. The number of nitrogens with one attached hydrogen (secondary N) is 1. The molecule has 0 radical (unpaired) electrons. The van der Waals surface area contributed by atoms with Crippen molar-refractivity contribution in [2.24, 2.45) is 0 Å². The second kappa shape index (κ2) is 5.57. The predicted molar refractivity (Wildman–Crippen MR) is 80.9 cm³/mol. The SMILES string of the molecule is Cc1ccccc1C(C)NC(=O)c1cc(C)c(C)s1. The minimum Gasteiger partial charge on any atom is -0.345 e. The Morgan fingerprint density at radius 2 is 1.84 bits per heavy atom. The molecule has 3 heteroatoms. The van der Waals surface area contributed by atoms with E-state index in [0.29, 0.717) is 0 Å². The van der Waals surface area contributed by atoms with E-state index >= 15 is 0 Å². The number of hydrogen-bond acceptors (Lipinski definition) is 2.